The van der Waals surface area contributed by atoms with Crippen LogP contribution >= 0.6 is 0 Å². The first kappa shape index (κ1) is 30.0. The first-order valence-corrected chi connectivity index (χ1v) is 14.3. The molecule has 0 aliphatic heterocycles. The summed E-state index contributed by atoms with van der Waals surface area (Å²) in [5.74, 6) is 1.57. The lowest BCUT2D eigenvalue weighted by molar-refractivity contribution is 0.136. The molecule has 0 aliphatic rings. The molecule has 3 atom stereocenters. The van der Waals surface area contributed by atoms with E-state index in [0.717, 1.165) is 24.7 Å². The number of aliphatic hydroxyl groups excluding tert-OH is 1. The van der Waals surface area contributed by atoms with Crippen molar-refractivity contribution in [3.63, 3.8) is 0 Å². The van der Waals surface area contributed by atoms with Crippen molar-refractivity contribution in [2.75, 3.05) is 0 Å². The Morgan fingerprint density at radius 2 is 0.733 bits per heavy atom. The maximum atomic E-state index is 10.3. The van der Waals surface area contributed by atoms with E-state index in [-0.39, 0.29) is 6.10 Å². The van der Waals surface area contributed by atoms with E-state index in [0.29, 0.717) is 0 Å². The quantitative estimate of drug-likeness (QED) is 0.153. The first-order chi connectivity index (χ1) is 14.6. The van der Waals surface area contributed by atoms with Crippen LogP contribution in [0.1, 0.15) is 169 Å². The molecule has 1 N–H and O–H groups in total. The van der Waals surface area contributed by atoms with Crippen LogP contribution in [0.2, 0.25) is 0 Å². The highest BCUT2D eigenvalue weighted by atomic mass is 16.3. The number of rotatable bonds is 24. The lowest BCUT2D eigenvalue weighted by atomic mass is 9.92. The van der Waals surface area contributed by atoms with Crippen LogP contribution in [0.5, 0.6) is 0 Å². The molecule has 0 aromatic heterocycles. The predicted octanol–water partition coefficient (Wildman–Crippen LogP) is 10.2. The van der Waals surface area contributed by atoms with Crippen molar-refractivity contribution in [3.05, 3.63) is 0 Å². The highest BCUT2D eigenvalue weighted by Crippen LogP contribution is 2.21. The molecule has 0 saturated carbocycles. The molecule has 30 heavy (non-hydrogen) atoms. The molecular weight excluding hydrogens is 364 g/mol. The van der Waals surface area contributed by atoms with E-state index in [1.165, 1.54) is 128 Å². The molecule has 0 aromatic rings. The summed E-state index contributed by atoms with van der Waals surface area (Å²) in [6, 6.07) is 0. The third-order valence-corrected chi connectivity index (χ3v) is 7.09. The van der Waals surface area contributed by atoms with Crippen LogP contribution in [0.3, 0.4) is 0 Å². The minimum absolute atomic E-state index is 0.0622. The SMILES string of the molecule is CCCCCCCCCCCCCCCC[C@@H](C)CC[C@@H](O)CC[C@H](C)CCCC. The predicted molar refractivity (Wildman–Crippen MR) is 137 cm³/mol. The number of hydrogen-bond acceptors (Lipinski definition) is 1. The molecule has 0 aromatic carbocycles. The third-order valence-electron chi connectivity index (χ3n) is 7.09. The Morgan fingerprint density at radius 3 is 1.13 bits per heavy atom. The van der Waals surface area contributed by atoms with Gasteiger partial charge in [-0.3, -0.25) is 0 Å². The van der Waals surface area contributed by atoms with Crippen LogP contribution < -0.4 is 0 Å². The molecule has 0 radical (unpaired) electrons. The Balaban J connectivity index is 3.32. The van der Waals surface area contributed by atoms with E-state index in [1.54, 1.807) is 0 Å². The van der Waals surface area contributed by atoms with Crippen LogP contribution in [0, 0.1) is 11.8 Å². The summed E-state index contributed by atoms with van der Waals surface area (Å²) in [5.41, 5.74) is 0. The summed E-state index contributed by atoms with van der Waals surface area (Å²) in [7, 11) is 0. The molecule has 0 heterocycles. The molecule has 0 amide bonds. The summed E-state index contributed by atoms with van der Waals surface area (Å²) >= 11 is 0. The highest BCUT2D eigenvalue weighted by molar-refractivity contribution is 4.63. The zero-order valence-corrected chi connectivity index (χ0v) is 21.7. The van der Waals surface area contributed by atoms with Crippen molar-refractivity contribution < 1.29 is 5.11 Å². The average Bonchev–Trinajstić information content (AvgIpc) is 2.74. The molecule has 0 rings (SSSR count). The fourth-order valence-electron chi connectivity index (χ4n) is 4.63. The van der Waals surface area contributed by atoms with Gasteiger partial charge in [0, 0.05) is 0 Å². The second kappa shape index (κ2) is 23.6. The van der Waals surface area contributed by atoms with Crippen LogP contribution in [-0.4, -0.2) is 11.2 Å². The van der Waals surface area contributed by atoms with E-state index < -0.39 is 0 Å². The van der Waals surface area contributed by atoms with Crippen LogP contribution in [-0.2, 0) is 0 Å². The van der Waals surface area contributed by atoms with E-state index in [4.69, 9.17) is 0 Å². The Morgan fingerprint density at radius 1 is 0.400 bits per heavy atom. The summed E-state index contributed by atoms with van der Waals surface area (Å²) in [4.78, 5) is 0. The Bertz CT molecular complexity index is 313. The van der Waals surface area contributed by atoms with Crippen LogP contribution in [0.25, 0.3) is 0 Å². The second-order valence-corrected chi connectivity index (χ2v) is 10.5. The molecule has 1 nitrogen and oxygen atoms in total. The van der Waals surface area contributed by atoms with Gasteiger partial charge in [0.2, 0.25) is 0 Å². The van der Waals surface area contributed by atoms with Gasteiger partial charge in [-0.15, -0.1) is 0 Å². The van der Waals surface area contributed by atoms with E-state index in [1.807, 2.05) is 0 Å². The fourth-order valence-corrected chi connectivity index (χ4v) is 4.63. The van der Waals surface area contributed by atoms with Gasteiger partial charge in [0.1, 0.15) is 0 Å². The largest absolute Gasteiger partial charge is 0.393 e. The van der Waals surface area contributed by atoms with Gasteiger partial charge < -0.3 is 5.11 Å². The number of unbranched alkanes of at least 4 members (excludes halogenated alkanes) is 14. The summed E-state index contributed by atoms with van der Waals surface area (Å²) in [5, 5.41) is 10.3. The maximum absolute atomic E-state index is 10.3. The van der Waals surface area contributed by atoms with Gasteiger partial charge in [-0.2, -0.15) is 0 Å². The fraction of sp³-hybridized carbons (Fsp3) is 1.00. The topological polar surface area (TPSA) is 20.2 Å². The van der Waals surface area contributed by atoms with E-state index in [9.17, 15) is 5.11 Å². The molecule has 0 fully saturated rings. The number of aliphatic hydroxyl groups is 1. The van der Waals surface area contributed by atoms with Crippen molar-refractivity contribution in [2.24, 2.45) is 11.8 Å². The van der Waals surface area contributed by atoms with Crippen LogP contribution in [0.4, 0.5) is 0 Å². The molecule has 0 unspecified atom stereocenters. The Kier molecular flexibility index (Phi) is 23.6. The lowest BCUT2D eigenvalue weighted by Crippen LogP contribution is -2.10. The van der Waals surface area contributed by atoms with E-state index >= 15 is 0 Å². The van der Waals surface area contributed by atoms with Gasteiger partial charge in [-0.1, -0.05) is 143 Å². The molecule has 0 aliphatic carbocycles. The number of hydrogen-bond donors (Lipinski definition) is 1. The van der Waals surface area contributed by atoms with Crippen molar-refractivity contribution in [1.82, 2.24) is 0 Å². The minimum atomic E-state index is -0.0622. The highest BCUT2D eigenvalue weighted by Gasteiger charge is 2.10. The molecule has 0 bridgehead atoms. The zero-order valence-electron chi connectivity index (χ0n) is 21.7. The normalized spacial score (nSPS) is 14.7. The summed E-state index contributed by atoms with van der Waals surface area (Å²) < 4.78 is 0. The van der Waals surface area contributed by atoms with Gasteiger partial charge >= 0.3 is 0 Å². The molecule has 0 saturated heterocycles. The minimum Gasteiger partial charge on any atom is -0.393 e. The maximum Gasteiger partial charge on any atom is 0.0540 e. The van der Waals surface area contributed by atoms with Gasteiger partial charge in [-0.25, -0.2) is 0 Å². The lowest BCUT2D eigenvalue weighted by Gasteiger charge is -2.17. The van der Waals surface area contributed by atoms with Crippen LogP contribution in [0.15, 0.2) is 0 Å². The van der Waals surface area contributed by atoms with Gasteiger partial charge in [0.15, 0.2) is 0 Å². The summed E-state index contributed by atoms with van der Waals surface area (Å²) in [6.07, 6.45) is 29.9. The smallest absolute Gasteiger partial charge is 0.0540 e. The van der Waals surface area contributed by atoms with Gasteiger partial charge in [0.05, 0.1) is 6.10 Å². The first-order valence-electron chi connectivity index (χ1n) is 14.3. The Labute approximate surface area is 192 Å². The van der Waals surface area contributed by atoms with Crippen molar-refractivity contribution >= 4 is 0 Å². The molecule has 0 spiro atoms. The monoisotopic (exact) mass is 424 g/mol. The molecule has 1 heteroatoms. The summed E-state index contributed by atoms with van der Waals surface area (Å²) in [6.45, 7) is 9.30. The zero-order chi connectivity index (χ0) is 22.3. The molecule has 182 valence electrons. The second-order valence-electron chi connectivity index (χ2n) is 10.5. The van der Waals surface area contributed by atoms with Crippen molar-refractivity contribution in [1.29, 1.82) is 0 Å². The average molecular weight is 425 g/mol. The van der Waals surface area contributed by atoms with Crippen molar-refractivity contribution in [2.45, 2.75) is 175 Å². The van der Waals surface area contributed by atoms with E-state index in [2.05, 4.69) is 27.7 Å². The Hall–Kier alpha value is -0.0400. The molecular formula is C29H60O. The van der Waals surface area contributed by atoms with Gasteiger partial charge in [-0.05, 0) is 37.5 Å². The third kappa shape index (κ3) is 22.6. The van der Waals surface area contributed by atoms with Gasteiger partial charge in [0.25, 0.3) is 0 Å². The van der Waals surface area contributed by atoms with Crippen molar-refractivity contribution in [3.8, 4) is 0 Å². The standard InChI is InChI=1S/C29H60O/c1-5-7-9-10-11-12-13-14-15-16-17-18-19-20-22-28(4)24-26-29(30)25-23-27(3)21-8-6-2/h27-30H,5-26H2,1-4H3/t27-,28-,29+/m1/s1.